The first kappa shape index (κ1) is 28.6. The Morgan fingerprint density at radius 3 is 2.32 bits per heavy atom. The van der Waals surface area contributed by atoms with Crippen LogP contribution in [0.2, 0.25) is 0 Å². The molecule has 4 N–H and O–H groups in total. The van der Waals surface area contributed by atoms with Gasteiger partial charge in [-0.3, -0.25) is 4.90 Å². The van der Waals surface area contributed by atoms with Gasteiger partial charge in [0.2, 0.25) is 0 Å². The van der Waals surface area contributed by atoms with Gasteiger partial charge < -0.3 is 29.9 Å². The molecule has 0 bridgehead atoms. The van der Waals surface area contributed by atoms with Crippen molar-refractivity contribution in [1.29, 1.82) is 0 Å². The van der Waals surface area contributed by atoms with Crippen molar-refractivity contribution in [3.05, 3.63) is 95.1 Å². The lowest BCUT2D eigenvalue weighted by Crippen LogP contribution is -2.51. The minimum absolute atomic E-state index is 0.0536. The number of carboxylic acid groups (broad SMARTS) is 2. The number of aryl methyl sites for hydroxylation is 1. The van der Waals surface area contributed by atoms with Gasteiger partial charge in [0.1, 0.15) is 23.7 Å². The number of carbonyl (C=O) groups is 2. The number of aliphatic carboxylic acids is 2. The number of aliphatic hydroxyl groups is 1. The van der Waals surface area contributed by atoms with E-state index in [4.69, 9.17) is 9.47 Å². The molecule has 5 rings (SSSR count). The highest BCUT2D eigenvalue weighted by atomic mass is 16.6. The Bertz CT molecular complexity index is 1360. The van der Waals surface area contributed by atoms with Crippen LogP contribution in [0.15, 0.2) is 72.8 Å². The molecule has 1 saturated heterocycles. The normalized spacial score (nSPS) is 22.0. The van der Waals surface area contributed by atoms with Crippen molar-refractivity contribution in [3.63, 3.8) is 0 Å². The molecule has 41 heavy (non-hydrogen) atoms. The molecule has 3 aromatic rings. The van der Waals surface area contributed by atoms with Crippen LogP contribution in [0.3, 0.4) is 0 Å². The van der Waals surface area contributed by atoms with Crippen LogP contribution in [-0.2, 0) is 26.3 Å². The van der Waals surface area contributed by atoms with E-state index in [1.54, 1.807) is 36.4 Å². The van der Waals surface area contributed by atoms with E-state index in [2.05, 4.69) is 4.90 Å². The highest BCUT2D eigenvalue weighted by molar-refractivity contribution is 5.83. The van der Waals surface area contributed by atoms with Gasteiger partial charge in [-0.15, -0.1) is 0 Å². The van der Waals surface area contributed by atoms with E-state index in [0.29, 0.717) is 36.3 Å². The predicted molar refractivity (Wildman–Crippen MR) is 150 cm³/mol. The highest BCUT2D eigenvalue weighted by Crippen LogP contribution is 2.53. The van der Waals surface area contributed by atoms with Crippen molar-refractivity contribution in [3.8, 4) is 11.5 Å². The number of hydrogen-bond acceptors (Lipinski definition) is 7. The molecule has 4 atom stereocenters. The number of aliphatic hydroxyl groups excluding tert-OH is 1. The molecule has 0 unspecified atom stereocenters. The Hall–Kier alpha value is -3.92. The van der Waals surface area contributed by atoms with Crippen molar-refractivity contribution >= 4 is 11.9 Å². The Morgan fingerprint density at radius 2 is 1.66 bits per heavy atom. The van der Waals surface area contributed by atoms with Crippen LogP contribution in [0.5, 0.6) is 11.5 Å². The first-order chi connectivity index (χ1) is 19.8. The van der Waals surface area contributed by atoms with Gasteiger partial charge in [-0.25, -0.2) is 9.59 Å². The summed E-state index contributed by atoms with van der Waals surface area (Å²) in [5, 5.41) is 40.3. The molecule has 1 fully saturated rings. The lowest BCUT2D eigenvalue weighted by Gasteiger charge is -2.47. The number of benzene rings is 3. The van der Waals surface area contributed by atoms with Gasteiger partial charge in [0.15, 0.2) is 12.2 Å². The molecule has 3 aromatic carbocycles. The van der Waals surface area contributed by atoms with Crippen molar-refractivity contribution in [2.75, 3.05) is 26.2 Å². The van der Waals surface area contributed by atoms with Gasteiger partial charge in [0, 0.05) is 12.5 Å². The third-order valence-electron chi connectivity index (χ3n) is 8.14. The second-order valence-electron chi connectivity index (χ2n) is 10.7. The van der Waals surface area contributed by atoms with Gasteiger partial charge in [0.05, 0.1) is 0 Å². The Labute approximate surface area is 238 Å². The molecule has 0 amide bonds. The maximum atomic E-state index is 12.4. The first-order valence-electron chi connectivity index (χ1n) is 13.9. The van der Waals surface area contributed by atoms with E-state index in [9.17, 15) is 30.0 Å². The van der Waals surface area contributed by atoms with E-state index >= 15 is 0 Å². The quantitative estimate of drug-likeness (QED) is 0.276. The molecule has 1 aliphatic heterocycles. The van der Waals surface area contributed by atoms with Crippen LogP contribution in [0, 0.1) is 0 Å². The fraction of sp³-hybridized carbons (Fsp3) is 0.375. The topological polar surface area (TPSA) is 137 Å². The molecule has 216 valence electrons. The van der Waals surface area contributed by atoms with E-state index in [0.717, 1.165) is 30.8 Å². The van der Waals surface area contributed by atoms with Crippen LogP contribution < -0.4 is 4.74 Å². The fourth-order valence-electron chi connectivity index (χ4n) is 6.17. The summed E-state index contributed by atoms with van der Waals surface area (Å²) >= 11 is 0. The second-order valence-corrected chi connectivity index (χ2v) is 10.7. The van der Waals surface area contributed by atoms with Gasteiger partial charge in [0.25, 0.3) is 0 Å². The van der Waals surface area contributed by atoms with E-state index in [1.165, 1.54) is 18.9 Å². The zero-order valence-corrected chi connectivity index (χ0v) is 22.7. The largest absolute Gasteiger partial charge is 0.508 e. The van der Waals surface area contributed by atoms with Gasteiger partial charge in [-0.1, -0.05) is 48.5 Å². The average Bonchev–Trinajstić information content (AvgIpc) is 3.49. The molecule has 1 heterocycles. The molecule has 0 spiro atoms. The number of aromatic hydroxyl groups is 1. The van der Waals surface area contributed by atoms with Gasteiger partial charge in [-0.05, 0) is 85.3 Å². The number of ether oxygens (including phenoxy) is 2. The lowest BCUT2D eigenvalue weighted by atomic mass is 9.65. The lowest BCUT2D eigenvalue weighted by molar-refractivity contribution is -0.188. The zero-order valence-electron chi connectivity index (χ0n) is 22.7. The maximum Gasteiger partial charge on any atom is 0.336 e. The van der Waals surface area contributed by atoms with Crippen LogP contribution >= 0.6 is 0 Å². The first-order valence-corrected chi connectivity index (χ1v) is 13.9. The number of carboxylic acids is 2. The third-order valence-corrected chi connectivity index (χ3v) is 8.14. The number of rotatable bonds is 11. The number of phenols is 1. The zero-order chi connectivity index (χ0) is 29.0. The molecule has 9 nitrogen and oxygen atoms in total. The SMILES string of the molecule is O=C(O)[C@@H](O)[C@H](O[C@@]1(c2ccc(OCCN3CCCC3)cc2)c2ccc(O)cc2CC[C@@H]1c1ccccc1)C(=O)O. The molecule has 1 aliphatic carbocycles. The fourth-order valence-corrected chi connectivity index (χ4v) is 6.17. The molecule has 0 radical (unpaired) electrons. The molecular weight excluding hydrogens is 526 g/mol. The predicted octanol–water partition coefficient (Wildman–Crippen LogP) is 3.76. The summed E-state index contributed by atoms with van der Waals surface area (Å²) < 4.78 is 12.4. The number of fused-ring (bicyclic) bond motifs is 1. The summed E-state index contributed by atoms with van der Waals surface area (Å²) in [7, 11) is 0. The number of phenolic OH excluding ortho intramolecular Hbond substituents is 1. The molecule has 2 aliphatic rings. The van der Waals surface area contributed by atoms with Crippen LogP contribution in [0.25, 0.3) is 0 Å². The Kier molecular flexibility index (Phi) is 8.58. The number of nitrogens with zero attached hydrogens (tertiary/aromatic N) is 1. The summed E-state index contributed by atoms with van der Waals surface area (Å²) in [6, 6.07) is 21.5. The summed E-state index contributed by atoms with van der Waals surface area (Å²) in [5.41, 5.74) is 1.29. The third kappa shape index (κ3) is 5.93. The smallest absolute Gasteiger partial charge is 0.336 e. The maximum absolute atomic E-state index is 12.4. The van der Waals surface area contributed by atoms with E-state index < -0.39 is 35.7 Å². The molecule has 9 heteroatoms. The van der Waals surface area contributed by atoms with Crippen molar-refractivity contribution in [2.45, 2.75) is 49.4 Å². The second kappa shape index (κ2) is 12.3. The number of hydrogen-bond donors (Lipinski definition) is 4. The minimum Gasteiger partial charge on any atom is -0.508 e. The van der Waals surface area contributed by atoms with E-state index in [1.807, 2.05) is 30.3 Å². The summed E-state index contributed by atoms with van der Waals surface area (Å²) in [6.07, 6.45) is -0.889. The standard InChI is InChI=1S/C32H35NO8/c34-24-11-15-27-22(20-24)8-14-26(21-6-2-1-3-7-21)32(27,41-29(31(38)39)28(35)30(36)37)23-9-12-25(13-10-23)40-19-18-33-16-4-5-17-33/h1-3,6-7,9-13,15,20,26,28-29,34-35H,4-5,8,14,16-19H2,(H,36,37)(H,38,39)/t26-,28+,29+,32-/m1/s1. The van der Waals surface area contributed by atoms with Crippen molar-refractivity contribution < 1.29 is 39.5 Å². The van der Waals surface area contributed by atoms with Gasteiger partial charge in [-0.2, -0.15) is 0 Å². The summed E-state index contributed by atoms with van der Waals surface area (Å²) in [4.78, 5) is 26.5. The number of likely N-dealkylation sites (tertiary alicyclic amines) is 1. The van der Waals surface area contributed by atoms with Crippen LogP contribution in [0.1, 0.15) is 47.4 Å². The molecule has 0 saturated carbocycles. The summed E-state index contributed by atoms with van der Waals surface area (Å²) in [6.45, 7) is 3.51. The molecular formula is C32H35NO8. The monoisotopic (exact) mass is 561 g/mol. The van der Waals surface area contributed by atoms with E-state index in [-0.39, 0.29) is 5.75 Å². The van der Waals surface area contributed by atoms with Crippen molar-refractivity contribution in [1.82, 2.24) is 4.90 Å². The summed E-state index contributed by atoms with van der Waals surface area (Å²) in [5.74, 6) is -3.05. The van der Waals surface area contributed by atoms with Gasteiger partial charge >= 0.3 is 11.9 Å². The minimum atomic E-state index is -2.31. The van der Waals surface area contributed by atoms with Crippen LogP contribution in [0.4, 0.5) is 0 Å². The average molecular weight is 562 g/mol. The Balaban J connectivity index is 1.61. The molecule has 0 aromatic heterocycles. The van der Waals surface area contributed by atoms with Crippen LogP contribution in [-0.4, -0.2) is 75.7 Å². The highest BCUT2D eigenvalue weighted by Gasteiger charge is 2.52. The van der Waals surface area contributed by atoms with Crippen molar-refractivity contribution in [2.24, 2.45) is 0 Å². The Morgan fingerprint density at radius 1 is 0.951 bits per heavy atom.